The van der Waals surface area contributed by atoms with Gasteiger partial charge in [-0.15, -0.1) is 0 Å². The van der Waals surface area contributed by atoms with Crippen molar-refractivity contribution in [3.63, 3.8) is 0 Å². The third-order valence-corrected chi connectivity index (χ3v) is 5.76. The molecule has 2 N–H and O–H groups in total. The highest BCUT2D eigenvalue weighted by Crippen LogP contribution is 2.47. The summed E-state index contributed by atoms with van der Waals surface area (Å²) in [5.41, 5.74) is 0.492. The number of ether oxygens (including phenoxy) is 1. The van der Waals surface area contributed by atoms with E-state index < -0.39 is 29.3 Å². The second-order valence-corrected chi connectivity index (χ2v) is 7.82. The fraction of sp³-hybridized carbons (Fsp3) is 0.471. The van der Waals surface area contributed by atoms with E-state index in [4.69, 9.17) is 4.74 Å². The maximum absolute atomic E-state index is 12.9. The first-order chi connectivity index (χ1) is 11.8. The number of carbonyl (C=O) groups excluding carboxylic acids is 3. The van der Waals surface area contributed by atoms with Gasteiger partial charge >= 0.3 is 6.03 Å². The molecule has 0 saturated carbocycles. The molecule has 0 radical (unpaired) electrons. The molecule has 7 nitrogen and oxygen atoms in total. The van der Waals surface area contributed by atoms with Crippen LogP contribution in [0.15, 0.2) is 22.7 Å². The van der Waals surface area contributed by atoms with Crippen molar-refractivity contribution < 1.29 is 19.1 Å². The predicted molar refractivity (Wildman–Crippen MR) is 93.1 cm³/mol. The molecule has 4 rings (SSSR count). The number of urea groups is 1. The SMILES string of the molecule is C[C@@H]1CN2c3ccc(Br)cc3CC3(C(=O)NC(=O)NC3=O)[C@H]2[C@H](C)O1. The molecule has 3 heterocycles. The first-order valence-electron chi connectivity index (χ1n) is 8.20. The highest BCUT2D eigenvalue weighted by molar-refractivity contribution is 9.10. The summed E-state index contributed by atoms with van der Waals surface area (Å²) in [6.07, 6.45) is -0.157. The standard InChI is InChI=1S/C17H18BrN3O4/c1-8-7-21-12-4-3-11(18)5-10(12)6-17(13(21)9(2)25-8)14(22)19-16(24)20-15(17)23/h3-5,8-9,13H,6-7H2,1-2H3,(H2,19,20,22,23,24)/t8-,9+,13-/m1/s1. The Labute approximate surface area is 153 Å². The zero-order valence-electron chi connectivity index (χ0n) is 13.8. The lowest BCUT2D eigenvalue weighted by Crippen LogP contribution is -2.75. The predicted octanol–water partition coefficient (Wildman–Crippen LogP) is 1.34. The van der Waals surface area contributed by atoms with Crippen molar-refractivity contribution >= 4 is 39.5 Å². The van der Waals surface area contributed by atoms with E-state index in [-0.39, 0.29) is 18.6 Å². The Morgan fingerprint density at radius 3 is 2.56 bits per heavy atom. The Hall–Kier alpha value is -1.93. The van der Waals surface area contributed by atoms with Crippen LogP contribution in [0.3, 0.4) is 0 Å². The molecule has 1 aromatic rings. The number of imide groups is 2. The van der Waals surface area contributed by atoms with Gasteiger partial charge in [-0.3, -0.25) is 20.2 Å². The fourth-order valence-corrected chi connectivity index (χ4v) is 4.82. The van der Waals surface area contributed by atoms with Gasteiger partial charge in [0, 0.05) is 16.7 Å². The van der Waals surface area contributed by atoms with Gasteiger partial charge < -0.3 is 9.64 Å². The minimum atomic E-state index is -1.40. The van der Waals surface area contributed by atoms with E-state index in [9.17, 15) is 14.4 Å². The van der Waals surface area contributed by atoms with Crippen molar-refractivity contribution in [1.82, 2.24) is 10.6 Å². The van der Waals surface area contributed by atoms with E-state index in [1.165, 1.54) is 0 Å². The zero-order chi connectivity index (χ0) is 17.9. The number of fused-ring (bicyclic) bond motifs is 4. The first-order valence-corrected chi connectivity index (χ1v) is 8.99. The first kappa shape index (κ1) is 16.5. The lowest BCUT2D eigenvalue weighted by Gasteiger charge is -2.55. The maximum Gasteiger partial charge on any atom is 0.328 e. The Morgan fingerprint density at radius 1 is 1.20 bits per heavy atom. The van der Waals surface area contributed by atoms with Crippen LogP contribution in [0.4, 0.5) is 10.5 Å². The highest BCUT2D eigenvalue weighted by atomic mass is 79.9. The molecule has 1 aromatic carbocycles. The minimum absolute atomic E-state index is 0.0331. The number of rotatable bonds is 0. The molecule has 0 aromatic heterocycles. The summed E-state index contributed by atoms with van der Waals surface area (Å²) in [7, 11) is 0. The van der Waals surface area contributed by atoms with Crippen molar-refractivity contribution in [3.05, 3.63) is 28.2 Å². The molecule has 2 fully saturated rings. The molecule has 2 saturated heterocycles. The molecule has 25 heavy (non-hydrogen) atoms. The van der Waals surface area contributed by atoms with Crippen molar-refractivity contribution in [2.45, 2.75) is 38.5 Å². The average Bonchev–Trinajstić information content (AvgIpc) is 2.51. The van der Waals surface area contributed by atoms with Crippen molar-refractivity contribution in [3.8, 4) is 0 Å². The van der Waals surface area contributed by atoms with Gasteiger partial charge in [0.15, 0.2) is 5.41 Å². The van der Waals surface area contributed by atoms with E-state index in [0.717, 1.165) is 15.7 Å². The molecule has 132 valence electrons. The Kier molecular flexibility index (Phi) is 3.66. The number of anilines is 1. The topological polar surface area (TPSA) is 87.7 Å². The molecule has 0 bridgehead atoms. The van der Waals surface area contributed by atoms with Gasteiger partial charge in [0.1, 0.15) is 0 Å². The average molecular weight is 408 g/mol. The molecular weight excluding hydrogens is 390 g/mol. The zero-order valence-corrected chi connectivity index (χ0v) is 15.4. The summed E-state index contributed by atoms with van der Waals surface area (Å²) >= 11 is 3.46. The third-order valence-electron chi connectivity index (χ3n) is 5.27. The largest absolute Gasteiger partial charge is 0.372 e. The van der Waals surface area contributed by atoms with E-state index in [2.05, 4.69) is 31.5 Å². The summed E-state index contributed by atoms with van der Waals surface area (Å²) < 4.78 is 6.83. The number of amides is 4. The maximum atomic E-state index is 12.9. The van der Waals surface area contributed by atoms with Gasteiger partial charge in [-0.2, -0.15) is 0 Å². The smallest absolute Gasteiger partial charge is 0.328 e. The van der Waals surface area contributed by atoms with Crippen LogP contribution >= 0.6 is 15.9 Å². The van der Waals surface area contributed by atoms with Gasteiger partial charge in [0.2, 0.25) is 11.8 Å². The minimum Gasteiger partial charge on any atom is -0.372 e. The van der Waals surface area contributed by atoms with Crippen LogP contribution in [0.5, 0.6) is 0 Å². The van der Waals surface area contributed by atoms with E-state index in [1.54, 1.807) is 0 Å². The molecule has 0 unspecified atom stereocenters. The second kappa shape index (κ2) is 5.54. The number of halogens is 1. The number of benzene rings is 1. The fourth-order valence-electron chi connectivity index (χ4n) is 4.42. The summed E-state index contributed by atoms with van der Waals surface area (Å²) in [6, 6.07) is 4.61. The summed E-state index contributed by atoms with van der Waals surface area (Å²) in [5.74, 6) is -1.13. The molecule has 4 amide bonds. The van der Waals surface area contributed by atoms with Crippen LogP contribution in [0, 0.1) is 5.41 Å². The van der Waals surface area contributed by atoms with Crippen LogP contribution in [0.1, 0.15) is 19.4 Å². The summed E-state index contributed by atoms with van der Waals surface area (Å²) in [5, 5.41) is 4.55. The number of morpholine rings is 1. The quantitative estimate of drug-likeness (QED) is 0.633. The summed E-state index contributed by atoms with van der Waals surface area (Å²) in [6.45, 7) is 4.41. The lowest BCUT2D eigenvalue weighted by molar-refractivity contribution is -0.153. The highest BCUT2D eigenvalue weighted by Gasteiger charge is 2.62. The normalized spacial score (nSPS) is 30.4. The van der Waals surface area contributed by atoms with Crippen molar-refractivity contribution in [2.75, 3.05) is 11.4 Å². The second-order valence-electron chi connectivity index (χ2n) is 6.91. The van der Waals surface area contributed by atoms with Crippen LogP contribution in [0.25, 0.3) is 0 Å². The molecule has 0 aliphatic carbocycles. The summed E-state index contributed by atoms with van der Waals surface area (Å²) in [4.78, 5) is 39.4. The lowest BCUT2D eigenvalue weighted by atomic mass is 9.66. The van der Waals surface area contributed by atoms with Crippen LogP contribution in [-0.4, -0.2) is 42.6 Å². The number of hydrogen-bond donors (Lipinski definition) is 2. The van der Waals surface area contributed by atoms with Crippen LogP contribution in [-0.2, 0) is 20.7 Å². The number of barbiturate groups is 1. The molecule has 3 aliphatic rings. The molecule has 3 aliphatic heterocycles. The number of carbonyl (C=O) groups is 3. The van der Waals surface area contributed by atoms with Gasteiger partial charge in [-0.05, 0) is 44.0 Å². The Balaban J connectivity index is 1.92. The molecule has 1 spiro atoms. The Bertz CT molecular complexity index is 776. The molecule has 3 atom stereocenters. The van der Waals surface area contributed by atoms with Gasteiger partial charge in [0.25, 0.3) is 0 Å². The molecular formula is C17H18BrN3O4. The van der Waals surface area contributed by atoms with Crippen LogP contribution < -0.4 is 15.5 Å². The third kappa shape index (κ3) is 2.31. The number of hydrogen-bond acceptors (Lipinski definition) is 5. The van der Waals surface area contributed by atoms with E-state index >= 15 is 0 Å². The number of nitrogens with one attached hydrogen (secondary N) is 2. The van der Waals surface area contributed by atoms with Gasteiger partial charge in [-0.25, -0.2) is 4.79 Å². The van der Waals surface area contributed by atoms with Crippen molar-refractivity contribution in [1.29, 1.82) is 0 Å². The van der Waals surface area contributed by atoms with Gasteiger partial charge in [0.05, 0.1) is 18.2 Å². The van der Waals surface area contributed by atoms with E-state index in [1.807, 2.05) is 32.0 Å². The van der Waals surface area contributed by atoms with Gasteiger partial charge in [-0.1, -0.05) is 15.9 Å². The molecule has 8 heteroatoms. The monoisotopic (exact) mass is 407 g/mol. The Morgan fingerprint density at radius 2 is 1.88 bits per heavy atom. The van der Waals surface area contributed by atoms with E-state index in [0.29, 0.717) is 6.54 Å². The van der Waals surface area contributed by atoms with Crippen LogP contribution in [0.2, 0.25) is 0 Å². The van der Waals surface area contributed by atoms with Crippen molar-refractivity contribution in [2.24, 2.45) is 5.41 Å². The number of nitrogens with zero attached hydrogens (tertiary/aromatic N) is 1.